The first-order chi connectivity index (χ1) is 9.81. The van der Waals surface area contributed by atoms with Crippen LogP contribution in [0, 0.1) is 23.7 Å². The molecule has 5 nitrogen and oxygen atoms in total. The quantitative estimate of drug-likeness (QED) is 0.799. The lowest BCUT2D eigenvalue weighted by Gasteiger charge is -2.43. The number of likely N-dealkylation sites (tertiary alicyclic amines) is 1. The minimum Gasteiger partial charge on any atom is -0.369 e. The molecule has 6 unspecified atom stereocenters. The number of nitrogens with two attached hydrogens (primary N) is 2. The molecule has 0 aromatic heterocycles. The number of nitrogens with zero attached hydrogens (tertiary/aromatic N) is 1. The third kappa shape index (κ3) is 3.39. The van der Waals surface area contributed by atoms with Gasteiger partial charge in [0.1, 0.15) is 0 Å². The number of primary amides is 1. The molecule has 6 atom stereocenters. The maximum absolute atomic E-state index is 12.9. The summed E-state index contributed by atoms with van der Waals surface area (Å²) in [7, 11) is 0. The zero-order valence-corrected chi connectivity index (χ0v) is 13.4. The number of amides is 2. The van der Waals surface area contributed by atoms with Crippen molar-refractivity contribution in [1.82, 2.24) is 4.90 Å². The van der Waals surface area contributed by atoms with Crippen molar-refractivity contribution in [2.24, 2.45) is 35.1 Å². The number of hydrogen-bond acceptors (Lipinski definition) is 3. The fourth-order valence-corrected chi connectivity index (χ4v) is 3.89. The number of piperidine rings is 1. The van der Waals surface area contributed by atoms with Crippen LogP contribution in [0.5, 0.6) is 0 Å². The van der Waals surface area contributed by atoms with Crippen LogP contribution in [0.1, 0.15) is 46.5 Å². The fourth-order valence-electron chi connectivity index (χ4n) is 3.89. The van der Waals surface area contributed by atoms with Crippen molar-refractivity contribution in [3.8, 4) is 0 Å². The van der Waals surface area contributed by atoms with Crippen molar-refractivity contribution in [2.45, 2.75) is 58.5 Å². The van der Waals surface area contributed by atoms with Gasteiger partial charge < -0.3 is 16.4 Å². The predicted octanol–water partition coefficient (Wildman–Crippen LogP) is 1.11. The van der Waals surface area contributed by atoms with Gasteiger partial charge in [0, 0.05) is 24.5 Å². The van der Waals surface area contributed by atoms with Gasteiger partial charge in [0.05, 0.1) is 5.92 Å². The SMILES string of the molecule is CC1CC(C)C(C(=O)N2CC(C(N)=O)CCC2C)CC1N. The number of rotatable bonds is 2. The Morgan fingerprint density at radius 2 is 1.71 bits per heavy atom. The highest BCUT2D eigenvalue weighted by Crippen LogP contribution is 2.35. The average Bonchev–Trinajstić information content (AvgIpc) is 2.42. The van der Waals surface area contributed by atoms with E-state index in [9.17, 15) is 9.59 Å². The zero-order chi connectivity index (χ0) is 15.7. The summed E-state index contributed by atoms with van der Waals surface area (Å²) in [4.78, 5) is 26.2. The normalized spacial score (nSPS) is 40.9. The van der Waals surface area contributed by atoms with E-state index in [0.717, 1.165) is 25.7 Å². The first-order valence-corrected chi connectivity index (χ1v) is 8.16. The average molecular weight is 295 g/mol. The zero-order valence-electron chi connectivity index (χ0n) is 13.4. The van der Waals surface area contributed by atoms with Crippen LogP contribution in [-0.4, -0.2) is 35.3 Å². The van der Waals surface area contributed by atoms with Crippen LogP contribution >= 0.6 is 0 Å². The van der Waals surface area contributed by atoms with E-state index >= 15 is 0 Å². The van der Waals surface area contributed by atoms with Gasteiger partial charge in [-0.25, -0.2) is 0 Å². The summed E-state index contributed by atoms with van der Waals surface area (Å²) in [5.41, 5.74) is 11.6. The van der Waals surface area contributed by atoms with Crippen LogP contribution in [0.3, 0.4) is 0 Å². The molecule has 0 spiro atoms. The molecule has 0 bridgehead atoms. The number of carbonyl (C=O) groups excluding carboxylic acids is 2. The standard InChI is InChI=1S/C16H29N3O2/c1-9-6-10(2)14(17)7-13(9)16(21)19-8-12(15(18)20)5-4-11(19)3/h9-14H,4-8,17H2,1-3H3,(H2,18,20). The summed E-state index contributed by atoms with van der Waals surface area (Å²) in [6.07, 6.45) is 3.39. The molecule has 2 amide bonds. The molecule has 1 saturated heterocycles. The topological polar surface area (TPSA) is 89.4 Å². The fraction of sp³-hybridized carbons (Fsp3) is 0.875. The maximum Gasteiger partial charge on any atom is 0.226 e. The largest absolute Gasteiger partial charge is 0.369 e. The van der Waals surface area contributed by atoms with Gasteiger partial charge in [-0.1, -0.05) is 13.8 Å². The van der Waals surface area contributed by atoms with Crippen LogP contribution < -0.4 is 11.5 Å². The molecule has 1 aliphatic carbocycles. The molecule has 1 aliphatic heterocycles. The summed E-state index contributed by atoms with van der Waals surface area (Å²) < 4.78 is 0. The Morgan fingerprint density at radius 3 is 2.33 bits per heavy atom. The van der Waals surface area contributed by atoms with Gasteiger partial charge in [-0.05, 0) is 44.4 Å². The van der Waals surface area contributed by atoms with Gasteiger partial charge in [0.25, 0.3) is 0 Å². The van der Waals surface area contributed by atoms with E-state index in [1.54, 1.807) is 0 Å². The van der Waals surface area contributed by atoms with Gasteiger partial charge in [-0.2, -0.15) is 0 Å². The van der Waals surface area contributed by atoms with E-state index in [1.807, 2.05) is 4.90 Å². The van der Waals surface area contributed by atoms with Crippen molar-refractivity contribution in [3.63, 3.8) is 0 Å². The van der Waals surface area contributed by atoms with Crippen LogP contribution in [0.25, 0.3) is 0 Å². The monoisotopic (exact) mass is 295 g/mol. The van der Waals surface area contributed by atoms with Crippen LogP contribution in [0.4, 0.5) is 0 Å². The van der Waals surface area contributed by atoms with Crippen molar-refractivity contribution >= 4 is 11.8 Å². The molecular weight excluding hydrogens is 266 g/mol. The summed E-state index contributed by atoms with van der Waals surface area (Å²) in [6, 6.07) is 0.290. The van der Waals surface area contributed by atoms with Crippen molar-refractivity contribution in [3.05, 3.63) is 0 Å². The minimum absolute atomic E-state index is 0.00900. The first-order valence-electron chi connectivity index (χ1n) is 8.16. The van der Waals surface area contributed by atoms with Gasteiger partial charge in [-0.15, -0.1) is 0 Å². The highest BCUT2D eigenvalue weighted by molar-refractivity contribution is 5.82. The molecule has 2 fully saturated rings. The van der Waals surface area contributed by atoms with Crippen LogP contribution in [0.2, 0.25) is 0 Å². The van der Waals surface area contributed by atoms with E-state index in [2.05, 4.69) is 20.8 Å². The van der Waals surface area contributed by atoms with E-state index in [1.165, 1.54) is 0 Å². The lowest BCUT2D eigenvalue weighted by molar-refractivity contribution is -0.144. The molecule has 21 heavy (non-hydrogen) atoms. The molecule has 0 aromatic carbocycles. The molecule has 2 rings (SSSR count). The van der Waals surface area contributed by atoms with Gasteiger partial charge in [0.15, 0.2) is 0 Å². The molecule has 2 aliphatic rings. The van der Waals surface area contributed by atoms with Crippen molar-refractivity contribution in [1.29, 1.82) is 0 Å². The molecule has 1 saturated carbocycles. The lowest BCUT2D eigenvalue weighted by atomic mass is 9.72. The third-order valence-electron chi connectivity index (χ3n) is 5.57. The molecular formula is C16H29N3O2. The summed E-state index contributed by atoms with van der Waals surface area (Å²) in [6.45, 7) is 6.84. The number of hydrogen-bond donors (Lipinski definition) is 2. The minimum atomic E-state index is -0.290. The highest BCUT2D eigenvalue weighted by Gasteiger charge is 2.40. The first kappa shape index (κ1) is 16.3. The van der Waals surface area contributed by atoms with Gasteiger partial charge in [-0.3, -0.25) is 9.59 Å². The Bertz CT molecular complexity index is 412. The van der Waals surface area contributed by atoms with Gasteiger partial charge in [0.2, 0.25) is 11.8 Å². The predicted molar refractivity (Wildman–Crippen MR) is 82.1 cm³/mol. The molecule has 120 valence electrons. The Balaban J connectivity index is 2.08. The van der Waals surface area contributed by atoms with E-state index in [4.69, 9.17) is 11.5 Å². The summed E-state index contributed by atoms with van der Waals surface area (Å²) >= 11 is 0. The second kappa shape index (κ2) is 6.34. The molecule has 0 aromatic rings. The Labute approximate surface area is 127 Å². The van der Waals surface area contributed by atoms with E-state index < -0.39 is 0 Å². The highest BCUT2D eigenvalue weighted by atomic mass is 16.2. The molecule has 1 heterocycles. The van der Waals surface area contributed by atoms with Gasteiger partial charge >= 0.3 is 0 Å². The maximum atomic E-state index is 12.9. The Kier molecular flexibility index (Phi) is 4.91. The van der Waals surface area contributed by atoms with E-state index in [-0.39, 0.29) is 35.7 Å². The van der Waals surface area contributed by atoms with E-state index in [0.29, 0.717) is 18.4 Å². The van der Waals surface area contributed by atoms with Crippen molar-refractivity contribution in [2.75, 3.05) is 6.54 Å². The molecule has 0 radical (unpaired) electrons. The summed E-state index contributed by atoms with van der Waals surface area (Å²) in [5, 5.41) is 0. The third-order valence-corrected chi connectivity index (χ3v) is 5.57. The second-order valence-electron chi connectivity index (χ2n) is 7.21. The lowest BCUT2D eigenvalue weighted by Crippen LogP contribution is -2.53. The molecule has 5 heteroatoms. The van der Waals surface area contributed by atoms with Crippen LogP contribution in [-0.2, 0) is 9.59 Å². The Hall–Kier alpha value is -1.10. The smallest absolute Gasteiger partial charge is 0.226 e. The molecule has 4 N–H and O–H groups in total. The Morgan fingerprint density at radius 1 is 1.05 bits per heavy atom. The number of carbonyl (C=O) groups is 2. The van der Waals surface area contributed by atoms with Crippen molar-refractivity contribution < 1.29 is 9.59 Å². The second-order valence-corrected chi connectivity index (χ2v) is 7.21. The van der Waals surface area contributed by atoms with Crippen LogP contribution in [0.15, 0.2) is 0 Å². The summed E-state index contributed by atoms with van der Waals surface area (Å²) in [5.74, 6) is 0.501.